The fraction of sp³-hybridized carbons (Fsp3) is 0.0645. The highest BCUT2D eigenvalue weighted by molar-refractivity contribution is 6.50. The van der Waals surface area contributed by atoms with Crippen LogP contribution in [0.5, 0.6) is 0 Å². The average molecular weight is 817 g/mol. The molecule has 0 saturated carbocycles. The van der Waals surface area contributed by atoms with Crippen molar-refractivity contribution in [1.82, 2.24) is 0 Å². The number of rotatable bonds is 6. The number of benzene rings is 13. The molecule has 0 aliphatic carbocycles. The third kappa shape index (κ3) is 5.26. The van der Waals surface area contributed by atoms with Crippen LogP contribution in [0.4, 0.5) is 34.1 Å². The van der Waals surface area contributed by atoms with E-state index < -0.39 is 0 Å². The van der Waals surface area contributed by atoms with Crippen LogP contribution in [-0.4, -0.2) is 0 Å². The molecular formula is C62H44N2. The number of aryl methyl sites for hydroxylation is 4. The van der Waals surface area contributed by atoms with Crippen molar-refractivity contribution in [2.24, 2.45) is 0 Å². The highest BCUT2D eigenvalue weighted by Gasteiger charge is 2.29. The van der Waals surface area contributed by atoms with E-state index in [4.69, 9.17) is 0 Å². The van der Waals surface area contributed by atoms with Gasteiger partial charge in [-0.15, -0.1) is 0 Å². The summed E-state index contributed by atoms with van der Waals surface area (Å²) in [7, 11) is 0. The summed E-state index contributed by atoms with van der Waals surface area (Å²) in [5.74, 6) is 0. The molecule has 0 aromatic heterocycles. The van der Waals surface area contributed by atoms with Crippen LogP contribution in [0.3, 0.4) is 0 Å². The minimum absolute atomic E-state index is 1.13. The van der Waals surface area contributed by atoms with E-state index in [1.54, 1.807) is 0 Å². The lowest BCUT2D eigenvalue weighted by Gasteiger charge is -2.32. The first-order chi connectivity index (χ1) is 31.4. The van der Waals surface area contributed by atoms with Crippen molar-refractivity contribution in [2.75, 3.05) is 9.80 Å². The van der Waals surface area contributed by atoms with Crippen LogP contribution in [0.25, 0.3) is 86.2 Å². The smallest absolute Gasteiger partial charge is 0.0547 e. The largest absolute Gasteiger partial charge is 0.310 e. The normalized spacial score (nSPS) is 12.1. The second kappa shape index (κ2) is 13.8. The van der Waals surface area contributed by atoms with E-state index in [0.717, 1.165) is 34.1 Å². The summed E-state index contributed by atoms with van der Waals surface area (Å²) in [6.07, 6.45) is 0. The summed E-state index contributed by atoms with van der Waals surface area (Å²) in [6, 6.07) is 73.4. The minimum atomic E-state index is 1.13. The summed E-state index contributed by atoms with van der Waals surface area (Å²) < 4.78 is 0. The molecule has 0 aliphatic rings. The quantitative estimate of drug-likeness (QED) is 0.122. The predicted octanol–water partition coefficient (Wildman–Crippen LogP) is 18.0. The van der Waals surface area contributed by atoms with Crippen molar-refractivity contribution in [3.63, 3.8) is 0 Å². The standard InChI is InChI=1S/C62H44N2/c1-37-17-25-43(26-18-37)63(44-27-19-38(2)20-28-44)53-35-33-49-47-13-5-10-42-12-8-16-52(56(42)47)60-57(49)61(53)59-51-15-7-11-41-9-6-14-48(55(41)51)50-34-36-54(62(60)58(50)59)64(45-29-21-39(3)22-30-45)46-31-23-40(4)24-32-46/h5-36H,1-4H3. The summed E-state index contributed by atoms with van der Waals surface area (Å²) in [6.45, 7) is 8.68. The third-order valence-electron chi connectivity index (χ3n) is 13.9. The van der Waals surface area contributed by atoms with Gasteiger partial charge < -0.3 is 9.80 Å². The Balaban J connectivity index is 1.34. The van der Waals surface area contributed by atoms with Crippen LogP contribution in [0.15, 0.2) is 194 Å². The molecule has 0 fully saturated rings. The van der Waals surface area contributed by atoms with Gasteiger partial charge in [0, 0.05) is 55.1 Å². The maximum absolute atomic E-state index is 2.50. The van der Waals surface area contributed by atoms with Crippen LogP contribution in [0.1, 0.15) is 22.3 Å². The molecule has 0 spiro atoms. The SMILES string of the molecule is Cc1ccc(N(c2ccc(C)cc2)c2ccc3c4cccc5cccc(c54)c4c5c(N(c6ccc(C)cc6)c6ccc(C)cc6)ccc6c7cccc8cccc(c87)c(c2c34)c65)cc1. The zero-order valence-corrected chi connectivity index (χ0v) is 36.4. The van der Waals surface area contributed by atoms with E-state index in [1.807, 2.05) is 0 Å². The Morgan fingerprint density at radius 1 is 0.219 bits per heavy atom. The molecule has 302 valence electrons. The maximum Gasteiger partial charge on any atom is 0.0547 e. The summed E-state index contributed by atoms with van der Waals surface area (Å²) in [5.41, 5.74) is 11.8. The van der Waals surface area contributed by atoms with Crippen LogP contribution < -0.4 is 9.80 Å². The molecule has 13 aromatic carbocycles. The Bertz CT molecular complexity index is 3590. The number of anilines is 6. The molecule has 0 aliphatic heterocycles. The van der Waals surface area contributed by atoms with Crippen molar-refractivity contribution < 1.29 is 0 Å². The molecule has 0 saturated heterocycles. The van der Waals surface area contributed by atoms with Gasteiger partial charge in [-0.1, -0.05) is 156 Å². The number of nitrogens with zero attached hydrogens (tertiary/aromatic N) is 2. The molecule has 0 atom stereocenters. The first kappa shape index (κ1) is 36.7. The zero-order valence-electron chi connectivity index (χ0n) is 36.4. The summed E-state index contributed by atoms with van der Waals surface area (Å²) in [4.78, 5) is 5.00. The van der Waals surface area contributed by atoms with Crippen molar-refractivity contribution in [2.45, 2.75) is 27.7 Å². The highest BCUT2D eigenvalue weighted by atomic mass is 15.1. The Morgan fingerprint density at radius 2 is 0.484 bits per heavy atom. The minimum Gasteiger partial charge on any atom is -0.310 e. The van der Waals surface area contributed by atoms with Gasteiger partial charge in [0.1, 0.15) is 0 Å². The molecular weight excluding hydrogens is 773 g/mol. The molecule has 64 heavy (non-hydrogen) atoms. The molecule has 0 N–H and O–H groups in total. The van der Waals surface area contributed by atoms with Crippen LogP contribution >= 0.6 is 0 Å². The Morgan fingerprint density at radius 3 is 0.797 bits per heavy atom. The van der Waals surface area contributed by atoms with Gasteiger partial charge in [0.15, 0.2) is 0 Å². The lowest BCUT2D eigenvalue weighted by Crippen LogP contribution is -2.12. The highest BCUT2D eigenvalue weighted by Crippen LogP contribution is 2.56. The first-order valence-corrected chi connectivity index (χ1v) is 22.4. The van der Waals surface area contributed by atoms with E-state index in [0.29, 0.717) is 0 Å². The Hall–Kier alpha value is -7.94. The molecule has 0 radical (unpaired) electrons. The van der Waals surface area contributed by atoms with Crippen LogP contribution in [0, 0.1) is 27.7 Å². The molecule has 13 rings (SSSR count). The van der Waals surface area contributed by atoms with E-state index in [1.165, 1.54) is 108 Å². The zero-order chi connectivity index (χ0) is 42.8. The molecule has 0 amide bonds. The van der Waals surface area contributed by atoms with Crippen molar-refractivity contribution in [1.29, 1.82) is 0 Å². The molecule has 2 heteroatoms. The predicted molar refractivity (Wildman–Crippen MR) is 277 cm³/mol. The van der Waals surface area contributed by atoms with Gasteiger partial charge in [-0.3, -0.25) is 0 Å². The van der Waals surface area contributed by atoms with Crippen molar-refractivity contribution in [3.05, 3.63) is 216 Å². The topological polar surface area (TPSA) is 6.48 Å². The average Bonchev–Trinajstić information content (AvgIpc) is 3.32. The molecule has 0 heterocycles. The van der Waals surface area contributed by atoms with Crippen LogP contribution in [0.2, 0.25) is 0 Å². The van der Waals surface area contributed by atoms with E-state index in [-0.39, 0.29) is 0 Å². The molecule has 0 unspecified atom stereocenters. The van der Waals surface area contributed by atoms with Gasteiger partial charge in [0.05, 0.1) is 11.4 Å². The molecule has 0 bridgehead atoms. The van der Waals surface area contributed by atoms with Crippen molar-refractivity contribution >= 4 is 120 Å². The monoisotopic (exact) mass is 816 g/mol. The van der Waals surface area contributed by atoms with Gasteiger partial charge in [-0.25, -0.2) is 0 Å². The van der Waals surface area contributed by atoms with Gasteiger partial charge in [0.2, 0.25) is 0 Å². The fourth-order valence-corrected chi connectivity index (χ4v) is 11.0. The van der Waals surface area contributed by atoms with Crippen molar-refractivity contribution in [3.8, 4) is 0 Å². The second-order valence-electron chi connectivity index (χ2n) is 17.9. The number of fused-ring (bicyclic) bond motifs is 6. The Kier molecular flexibility index (Phi) is 7.90. The van der Waals surface area contributed by atoms with E-state index >= 15 is 0 Å². The number of hydrogen-bond donors (Lipinski definition) is 0. The van der Waals surface area contributed by atoms with E-state index in [9.17, 15) is 0 Å². The van der Waals surface area contributed by atoms with Crippen LogP contribution in [-0.2, 0) is 0 Å². The lowest BCUT2D eigenvalue weighted by molar-refractivity contribution is 1.28. The van der Waals surface area contributed by atoms with Gasteiger partial charge in [-0.05, 0) is 142 Å². The molecule has 13 aromatic rings. The van der Waals surface area contributed by atoms with Gasteiger partial charge >= 0.3 is 0 Å². The van der Waals surface area contributed by atoms with Gasteiger partial charge in [-0.2, -0.15) is 0 Å². The first-order valence-electron chi connectivity index (χ1n) is 22.4. The maximum atomic E-state index is 2.50. The van der Waals surface area contributed by atoms with E-state index in [2.05, 4.69) is 232 Å². The lowest BCUT2D eigenvalue weighted by atomic mass is 9.80. The fourth-order valence-electron chi connectivity index (χ4n) is 11.0. The Labute approximate surface area is 372 Å². The van der Waals surface area contributed by atoms with Gasteiger partial charge in [0.25, 0.3) is 0 Å². The summed E-state index contributed by atoms with van der Waals surface area (Å²) >= 11 is 0. The third-order valence-corrected chi connectivity index (χ3v) is 13.9. The second-order valence-corrected chi connectivity index (χ2v) is 17.9. The summed E-state index contributed by atoms with van der Waals surface area (Å²) in [5, 5.41) is 20.5. The number of hydrogen-bond acceptors (Lipinski definition) is 2. The molecule has 2 nitrogen and oxygen atoms in total.